The quantitative estimate of drug-likeness (QED) is 0.535. The van der Waals surface area contributed by atoms with Crippen molar-refractivity contribution in [3.8, 4) is 45.4 Å². The molecular weight excluding hydrogens is 376 g/mol. The van der Waals surface area contributed by atoms with Crippen molar-refractivity contribution in [2.75, 3.05) is 21.3 Å². The van der Waals surface area contributed by atoms with Crippen LogP contribution in [0, 0.1) is 0 Å². The standard InChI is InChI=1S/C20H18N4O5/c1-27-12-6-4-11(5-7-12)14-10-24-19(22-23-20(24)26)21-18(14)17-15(25)8-13(28-2)9-16(17)29-3/h4-10,25H,1-3H3,(H,23,26). The summed E-state index contributed by atoms with van der Waals surface area (Å²) in [7, 11) is 4.57. The van der Waals surface area contributed by atoms with Crippen LogP contribution in [-0.4, -0.2) is 46.0 Å². The first kappa shape index (κ1) is 18.4. The molecule has 0 aliphatic rings. The summed E-state index contributed by atoms with van der Waals surface area (Å²) >= 11 is 0. The van der Waals surface area contributed by atoms with E-state index in [1.807, 2.05) is 12.1 Å². The Hall–Kier alpha value is -4.01. The number of H-pyrrole nitrogens is 1. The second kappa shape index (κ2) is 7.19. The Morgan fingerprint density at radius 3 is 2.38 bits per heavy atom. The molecule has 2 aromatic heterocycles. The minimum Gasteiger partial charge on any atom is -0.507 e. The van der Waals surface area contributed by atoms with E-state index in [1.165, 1.54) is 24.7 Å². The van der Waals surface area contributed by atoms with E-state index < -0.39 is 5.69 Å². The van der Waals surface area contributed by atoms with Crippen LogP contribution in [0.25, 0.3) is 28.2 Å². The Morgan fingerprint density at radius 2 is 1.72 bits per heavy atom. The van der Waals surface area contributed by atoms with Gasteiger partial charge in [-0.3, -0.25) is 0 Å². The molecule has 29 heavy (non-hydrogen) atoms. The van der Waals surface area contributed by atoms with Gasteiger partial charge in [-0.15, -0.1) is 5.10 Å². The molecule has 0 unspecified atom stereocenters. The van der Waals surface area contributed by atoms with Gasteiger partial charge in [-0.25, -0.2) is 19.3 Å². The van der Waals surface area contributed by atoms with Crippen LogP contribution in [0.5, 0.6) is 23.0 Å². The molecule has 0 fully saturated rings. The third-order valence-corrected chi connectivity index (χ3v) is 4.56. The van der Waals surface area contributed by atoms with E-state index in [0.717, 1.165) is 5.56 Å². The molecule has 148 valence electrons. The molecule has 9 heteroatoms. The summed E-state index contributed by atoms with van der Waals surface area (Å²) in [4.78, 5) is 16.6. The lowest BCUT2D eigenvalue weighted by Gasteiger charge is -2.15. The Balaban J connectivity index is 2.04. The van der Waals surface area contributed by atoms with Gasteiger partial charge in [0.25, 0.3) is 5.78 Å². The monoisotopic (exact) mass is 394 g/mol. The van der Waals surface area contributed by atoms with E-state index in [2.05, 4.69) is 15.2 Å². The molecule has 4 rings (SSSR count). The molecule has 0 atom stereocenters. The lowest BCUT2D eigenvalue weighted by molar-refractivity contribution is 0.386. The number of fused-ring (bicyclic) bond motifs is 1. The lowest BCUT2D eigenvalue weighted by Crippen LogP contribution is -2.10. The number of ether oxygens (including phenoxy) is 3. The fourth-order valence-corrected chi connectivity index (χ4v) is 3.11. The Morgan fingerprint density at radius 1 is 1.00 bits per heavy atom. The number of aromatic hydroxyl groups is 1. The van der Waals surface area contributed by atoms with Crippen LogP contribution < -0.4 is 19.9 Å². The van der Waals surface area contributed by atoms with Crippen molar-refractivity contribution in [1.82, 2.24) is 19.6 Å². The van der Waals surface area contributed by atoms with Gasteiger partial charge in [-0.2, -0.15) is 0 Å². The number of phenols is 1. The number of hydrogen-bond donors (Lipinski definition) is 2. The second-order valence-corrected chi connectivity index (χ2v) is 6.15. The Kier molecular flexibility index (Phi) is 4.55. The highest BCUT2D eigenvalue weighted by molar-refractivity contribution is 5.87. The SMILES string of the molecule is COc1ccc(-c2cn3c(=O)[nH]nc3nc2-c2c(O)cc(OC)cc2OC)cc1. The third-order valence-electron chi connectivity index (χ3n) is 4.56. The summed E-state index contributed by atoms with van der Waals surface area (Å²) in [5, 5.41) is 17.0. The minimum absolute atomic E-state index is 0.0781. The predicted molar refractivity (Wildman–Crippen MR) is 106 cm³/mol. The summed E-state index contributed by atoms with van der Waals surface area (Å²) in [6, 6.07) is 10.4. The third kappa shape index (κ3) is 3.12. The number of aromatic nitrogens is 4. The van der Waals surface area contributed by atoms with Gasteiger partial charge < -0.3 is 19.3 Å². The summed E-state index contributed by atoms with van der Waals surface area (Å²) in [6.45, 7) is 0. The maximum Gasteiger partial charge on any atom is 0.348 e. The summed E-state index contributed by atoms with van der Waals surface area (Å²) in [6.07, 6.45) is 1.62. The van der Waals surface area contributed by atoms with Crippen molar-refractivity contribution in [1.29, 1.82) is 0 Å². The summed E-state index contributed by atoms with van der Waals surface area (Å²) < 4.78 is 17.2. The zero-order chi connectivity index (χ0) is 20.5. The molecule has 0 radical (unpaired) electrons. The number of aromatic amines is 1. The van der Waals surface area contributed by atoms with Crippen LogP contribution in [-0.2, 0) is 0 Å². The highest BCUT2D eigenvalue weighted by atomic mass is 16.5. The molecule has 0 aliphatic carbocycles. The zero-order valence-electron chi connectivity index (χ0n) is 16.0. The van der Waals surface area contributed by atoms with Crippen LogP contribution in [0.3, 0.4) is 0 Å². The second-order valence-electron chi connectivity index (χ2n) is 6.15. The van der Waals surface area contributed by atoms with Crippen LogP contribution >= 0.6 is 0 Å². The molecule has 0 amide bonds. The van der Waals surface area contributed by atoms with Gasteiger partial charge in [-0.1, -0.05) is 12.1 Å². The number of nitrogens with one attached hydrogen (secondary N) is 1. The Labute approximate surface area is 165 Å². The Bertz CT molecular complexity index is 1240. The lowest BCUT2D eigenvalue weighted by atomic mass is 9.99. The van der Waals surface area contributed by atoms with Crippen LogP contribution in [0.15, 0.2) is 47.4 Å². The molecule has 0 bridgehead atoms. The molecular formula is C20H18N4O5. The average molecular weight is 394 g/mol. The van der Waals surface area contributed by atoms with Crippen molar-refractivity contribution in [2.24, 2.45) is 0 Å². The maximum atomic E-state index is 12.1. The van der Waals surface area contributed by atoms with Gasteiger partial charge in [-0.05, 0) is 17.7 Å². The van der Waals surface area contributed by atoms with Gasteiger partial charge in [0, 0.05) is 23.9 Å². The van der Waals surface area contributed by atoms with E-state index in [1.54, 1.807) is 31.5 Å². The molecule has 0 spiro atoms. The van der Waals surface area contributed by atoms with E-state index >= 15 is 0 Å². The topological polar surface area (TPSA) is 111 Å². The van der Waals surface area contributed by atoms with Crippen molar-refractivity contribution in [2.45, 2.75) is 0 Å². The smallest absolute Gasteiger partial charge is 0.348 e. The molecule has 4 aromatic rings. The maximum absolute atomic E-state index is 12.1. The van der Waals surface area contributed by atoms with Crippen molar-refractivity contribution < 1.29 is 19.3 Å². The van der Waals surface area contributed by atoms with Gasteiger partial charge >= 0.3 is 5.69 Å². The molecule has 2 N–H and O–H groups in total. The van der Waals surface area contributed by atoms with E-state index in [4.69, 9.17) is 14.2 Å². The van der Waals surface area contributed by atoms with Crippen LogP contribution in [0.2, 0.25) is 0 Å². The van der Waals surface area contributed by atoms with E-state index in [-0.39, 0.29) is 11.5 Å². The number of methoxy groups -OCH3 is 3. The normalized spacial score (nSPS) is 10.9. The first-order chi connectivity index (χ1) is 14.0. The summed E-state index contributed by atoms with van der Waals surface area (Å²) in [5.41, 5.74) is 1.71. The number of nitrogens with zero attached hydrogens (tertiary/aromatic N) is 3. The van der Waals surface area contributed by atoms with Gasteiger partial charge in [0.2, 0.25) is 0 Å². The predicted octanol–water partition coefficient (Wildman–Crippen LogP) is 2.48. The van der Waals surface area contributed by atoms with Crippen molar-refractivity contribution >= 4 is 5.78 Å². The number of rotatable bonds is 5. The largest absolute Gasteiger partial charge is 0.507 e. The number of benzene rings is 2. The van der Waals surface area contributed by atoms with Gasteiger partial charge in [0.15, 0.2) is 0 Å². The first-order valence-electron chi connectivity index (χ1n) is 8.63. The molecule has 9 nitrogen and oxygen atoms in total. The molecule has 2 heterocycles. The average Bonchev–Trinajstić information content (AvgIpc) is 3.12. The zero-order valence-corrected chi connectivity index (χ0v) is 16.0. The fourth-order valence-electron chi connectivity index (χ4n) is 3.11. The van der Waals surface area contributed by atoms with Crippen LogP contribution in [0.1, 0.15) is 0 Å². The van der Waals surface area contributed by atoms with Crippen molar-refractivity contribution in [3.05, 3.63) is 53.1 Å². The number of hydrogen-bond acceptors (Lipinski definition) is 7. The van der Waals surface area contributed by atoms with Crippen LogP contribution in [0.4, 0.5) is 0 Å². The minimum atomic E-state index is -0.417. The molecule has 0 saturated heterocycles. The highest BCUT2D eigenvalue weighted by Gasteiger charge is 2.21. The molecule has 0 saturated carbocycles. The number of phenolic OH excluding ortho intramolecular Hbond substituents is 1. The first-order valence-corrected chi connectivity index (χ1v) is 8.63. The molecule has 0 aliphatic heterocycles. The van der Waals surface area contributed by atoms with Gasteiger partial charge in [0.1, 0.15) is 23.0 Å². The summed E-state index contributed by atoms with van der Waals surface area (Å²) in [5.74, 6) is 1.58. The molecule has 2 aromatic carbocycles. The fraction of sp³-hybridized carbons (Fsp3) is 0.150. The van der Waals surface area contributed by atoms with Gasteiger partial charge in [0.05, 0.1) is 32.6 Å². The van der Waals surface area contributed by atoms with E-state index in [0.29, 0.717) is 34.1 Å². The van der Waals surface area contributed by atoms with Crippen molar-refractivity contribution in [3.63, 3.8) is 0 Å². The van der Waals surface area contributed by atoms with E-state index in [9.17, 15) is 9.90 Å². The highest BCUT2D eigenvalue weighted by Crippen LogP contribution is 2.44.